The van der Waals surface area contributed by atoms with E-state index in [1.54, 1.807) is 6.07 Å². The van der Waals surface area contributed by atoms with Gasteiger partial charge in [0.1, 0.15) is 29.5 Å². The predicted molar refractivity (Wildman–Crippen MR) is 90.9 cm³/mol. The van der Waals surface area contributed by atoms with Crippen LogP contribution in [0, 0.1) is 23.0 Å². The van der Waals surface area contributed by atoms with Crippen LogP contribution in [0.2, 0.25) is 0 Å². The summed E-state index contributed by atoms with van der Waals surface area (Å²) >= 11 is 0. The molecule has 0 amide bonds. The van der Waals surface area contributed by atoms with E-state index < -0.39 is 35.7 Å². The average Bonchev–Trinajstić information content (AvgIpc) is 3.27. The quantitative estimate of drug-likeness (QED) is 0.510. The van der Waals surface area contributed by atoms with Crippen molar-refractivity contribution in [1.29, 1.82) is 5.26 Å². The van der Waals surface area contributed by atoms with Crippen LogP contribution in [0.3, 0.4) is 0 Å². The Labute approximate surface area is 160 Å². The van der Waals surface area contributed by atoms with Gasteiger partial charge in [0.25, 0.3) is 0 Å². The summed E-state index contributed by atoms with van der Waals surface area (Å²) in [4.78, 5) is 0. The minimum absolute atomic E-state index is 0.00622. The number of hydrogen-bond acceptors (Lipinski definition) is 4. The number of nitriles is 1. The van der Waals surface area contributed by atoms with Gasteiger partial charge in [-0.05, 0) is 17.7 Å². The summed E-state index contributed by atoms with van der Waals surface area (Å²) in [5, 5.41) is 15.9. The van der Waals surface area contributed by atoms with E-state index >= 15 is 0 Å². The van der Waals surface area contributed by atoms with E-state index in [-0.39, 0.29) is 22.6 Å². The van der Waals surface area contributed by atoms with Gasteiger partial charge in [-0.3, -0.25) is 0 Å². The van der Waals surface area contributed by atoms with Crippen molar-refractivity contribution in [2.24, 2.45) is 0 Å². The lowest BCUT2D eigenvalue weighted by atomic mass is 10.0. The Morgan fingerprint density at radius 2 is 1.90 bits per heavy atom. The summed E-state index contributed by atoms with van der Waals surface area (Å²) < 4.78 is 73.2. The molecule has 0 aliphatic carbocycles. The van der Waals surface area contributed by atoms with E-state index in [9.17, 15) is 22.0 Å². The fraction of sp³-hybridized carbons (Fsp3) is 0.158. The zero-order valence-electron chi connectivity index (χ0n) is 14.4. The molecule has 5 nitrogen and oxygen atoms in total. The van der Waals surface area contributed by atoms with Crippen molar-refractivity contribution >= 4 is 5.82 Å². The van der Waals surface area contributed by atoms with Gasteiger partial charge >= 0.3 is 6.18 Å². The average molecular weight is 406 g/mol. The van der Waals surface area contributed by atoms with Crippen molar-refractivity contribution in [2.75, 3.05) is 5.32 Å². The standard InChI is InChI=1S/C19H11F5N4O/c20-11-7-10(9-25)16(14(21)8-11)28-6-5-15(27-28)26-18-17(29-18)12-3-1-2-4-13(12)19(22,23)24/h1-8,17-18H,(H,26,27). The molecule has 1 N–H and O–H groups in total. The SMILES string of the molecule is N#Cc1cc(F)cc(F)c1-n1ccc(NC2OC2c2ccccc2C(F)(F)F)n1. The Morgan fingerprint density at radius 3 is 2.62 bits per heavy atom. The summed E-state index contributed by atoms with van der Waals surface area (Å²) in [6.07, 6.45) is -4.76. The molecule has 1 aliphatic heterocycles. The van der Waals surface area contributed by atoms with E-state index in [4.69, 9.17) is 10.00 Å². The van der Waals surface area contributed by atoms with Crippen LogP contribution >= 0.6 is 0 Å². The number of anilines is 1. The van der Waals surface area contributed by atoms with Crippen molar-refractivity contribution in [2.45, 2.75) is 18.5 Å². The zero-order chi connectivity index (χ0) is 20.8. The zero-order valence-corrected chi connectivity index (χ0v) is 14.4. The molecule has 2 atom stereocenters. The minimum Gasteiger partial charge on any atom is -0.343 e. The number of aromatic nitrogens is 2. The summed E-state index contributed by atoms with van der Waals surface area (Å²) in [5.74, 6) is -1.68. The Hall–Kier alpha value is -3.45. The van der Waals surface area contributed by atoms with Crippen LogP contribution in [0.25, 0.3) is 5.69 Å². The Balaban J connectivity index is 1.54. The third kappa shape index (κ3) is 3.64. The van der Waals surface area contributed by atoms with Gasteiger partial charge in [0.2, 0.25) is 0 Å². The second kappa shape index (κ2) is 6.86. The minimum atomic E-state index is -4.51. The molecule has 1 fully saturated rings. The molecule has 1 aliphatic rings. The topological polar surface area (TPSA) is 66.2 Å². The lowest BCUT2D eigenvalue weighted by Crippen LogP contribution is -2.11. The van der Waals surface area contributed by atoms with Gasteiger partial charge in [-0.2, -0.15) is 23.5 Å². The first-order valence-corrected chi connectivity index (χ1v) is 8.31. The molecule has 10 heteroatoms. The lowest BCUT2D eigenvalue weighted by molar-refractivity contribution is -0.138. The van der Waals surface area contributed by atoms with Crippen LogP contribution in [0.4, 0.5) is 27.8 Å². The molecule has 4 rings (SSSR count). The molecule has 1 aromatic heterocycles. The van der Waals surface area contributed by atoms with E-state index in [1.807, 2.05) is 0 Å². The first kappa shape index (κ1) is 18.9. The van der Waals surface area contributed by atoms with Crippen molar-refractivity contribution in [3.8, 4) is 11.8 Å². The van der Waals surface area contributed by atoms with Gasteiger partial charge in [0.05, 0.1) is 11.1 Å². The van der Waals surface area contributed by atoms with Crippen LogP contribution in [0.5, 0.6) is 0 Å². The van der Waals surface area contributed by atoms with Gasteiger partial charge in [0, 0.05) is 18.3 Å². The molecule has 0 radical (unpaired) electrons. The number of rotatable bonds is 4. The second-order valence-electron chi connectivity index (χ2n) is 6.25. The number of alkyl halides is 3. The third-order valence-corrected chi connectivity index (χ3v) is 4.32. The van der Waals surface area contributed by atoms with Gasteiger partial charge in [-0.15, -0.1) is 0 Å². The number of epoxide rings is 1. The monoisotopic (exact) mass is 406 g/mol. The fourth-order valence-electron chi connectivity index (χ4n) is 3.02. The van der Waals surface area contributed by atoms with Crippen LogP contribution in [-0.2, 0) is 10.9 Å². The van der Waals surface area contributed by atoms with Gasteiger partial charge in [0.15, 0.2) is 12.0 Å². The predicted octanol–water partition coefficient (Wildman–Crippen LogP) is 4.55. The fourth-order valence-corrected chi connectivity index (χ4v) is 3.02. The number of halogens is 5. The van der Waals surface area contributed by atoms with Crippen molar-refractivity contribution in [3.63, 3.8) is 0 Å². The van der Waals surface area contributed by atoms with Crippen molar-refractivity contribution in [3.05, 3.63) is 77.0 Å². The highest BCUT2D eigenvalue weighted by Gasteiger charge is 2.46. The smallest absolute Gasteiger partial charge is 0.343 e. The van der Waals surface area contributed by atoms with Crippen molar-refractivity contribution < 1.29 is 26.7 Å². The summed E-state index contributed by atoms with van der Waals surface area (Å²) in [5.41, 5.74) is -1.28. The molecule has 2 aromatic carbocycles. The van der Waals surface area contributed by atoms with Crippen LogP contribution in [0.1, 0.15) is 22.8 Å². The molecule has 3 aromatic rings. The molecule has 1 saturated heterocycles. The molecule has 0 saturated carbocycles. The first-order valence-electron chi connectivity index (χ1n) is 8.31. The third-order valence-electron chi connectivity index (χ3n) is 4.32. The first-order chi connectivity index (χ1) is 13.8. The highest BCUT2D eigenvalue weighted by molar-refractivity contribution is 5.51. The van der Waals surface area contributed by atoms with Crippen LogP contribution in [0.15, 0.2) is 48.7 Å². The normalized spacial score (nSPS) is 18.3. The summed E-state index contributed by atoms with van der Waals surface area (Å²) in [7, 11) is 0. The number of hydrogen-bond donors (Lipinski definition) is 1. The largest absolute Gasteiger partial charge is 0.416 e. The Morgan fingerprint density at radius 1 is 1.14 bits per heavy atom. The van der Waals surface area contributed by atoms with Crippen molar-refractivity contribution in [1.82, 2.24) is 9.78 Å². The van der Waals surface area contributed by atoms with Gasteiger partial charge in [-0.25, -0.2) is 13.5 Å². The van der Waals surface area contributed by atoms with Gasteiger partial charge < -0.3 is 10.1 Å². The van der Waals surface area contributed by atoms with E-state index in [0.29, 0.717) is 6.07 Å². The van der Waals surface area contributed by atoms with Gasteiger partial charge in [-0.1, -0.05) is 18.2 Å². The number of nitrogens with zero attached hydrogens (tertiary/aromatic N) is 3. The number of nitrogens with one attached hydrogen (secondary N) is 1. The van der Waals surface area contributed by atoms with E-state index in [0.717, 1.165) is 16.8 Å². The molecule has 2 heterocycles. The summed E-state index contributed by atoms with van der Waals surface area (Å²) in [6, 6.07) is 9.71. The molecule has 0 bridgehead atoms. The maximum atomic E-state index is 14.1. The molecule has 29 heavy (non-hydrogen) atoms. The molecular weight excluding hydrogens is 395 g/mol. The number of benzene rings is 2. The Kier molecular flexibility index (Phi) is 4.47. The van der Waals surface area contributed by atoms with Crippen LogP contribution in [-0.4, -0.2) is 16.0 Å². The molecular formula is C19H11F5N4O. The van der Waals surface area contributed by atoms with Crippen LogP contribution < -0.4 is 5.32 Å². The highest BCUT2D eigenvalue weighted by Crippen LogP contribution is 2.44. The molecule has 0 spiro atoms. The van der Waals surface area contributed by atoms with E-state index in [2.05, 4.69) is 10.4 Å². The molecule has 148 valence electrons. The maximum absolute atomic E-state index is 14.1. The Bertz CT molecular complexity index is 1120. The number of ether oxygens (including phenoxy) is 1. The summed E-state index contributed by atoms with van der Waals surface area (Å²) in [6.45, 7) is 0. The highest BCUT2D eigenvalue weighted by atomic mass is 19.4. The van der Waals surface area contributed by atoms with E-state index in [1.165, 1.54) is 30.5 Å². The lowest BCUT2D eigenvalue weighted by Gasteiger charge is -2.10. The second-order valence-corrected chi connectivity index (χ2v) is 6.25. The maximum Gasteiger partial charge on any atom is 0.416 e. The molecule has 2 unspecified atom stereocenters.